The van der Waals surface area contributed by atoms with Crippen molar-refractivity contribution < 1.29 is 14.1 Å². The highest BCUT2D eigenvalue weighted by atomic mass is 16.5. The zero-order valence-electron chi connectivity index (χ0n) is 16.1. The molecule has 146 valence electrons. The molecule has 4 heterocycles. The van der Waals surface area contributed by atoms with Gasteiger partial charge in [-0.25, -0.2) is 4.98 Å². The number of carbonyl (C=O) groups excluding carboxylic acids is 1. The number of anilines is 1. The lowest BCUT2D eigenvalue weighted by Gasteiger charge is -2.34. The van der Waals surface area contributed by atoms with E-state index >= 15 is 0 Å². The summed E-state index contributed by atoms with van der Waals surface area (Å²) < 4.78 is 13.8. The molecule has 1 saturated heterocycles. The van der Waals surface area contributed by atoms with Crippen LogP contribution in [-0.4, -0.2) is 65.2 Å². The zero-order valence-corrected chi connectivity index (χ0v) is 16.1. The van der Waals surface area contributed by atoms with Crippen LogP contribution in [0.15, 0.2) is 16.7 Å². The first-order valence-corrected chi connectivity index (χ1v) is 9.67. The van der Waals surface area contributed by atoms with Crippen LogP contribution < -0.4 is 9.64 Å². The van der Waals surface area contributed by atoms with Crippen molar-refractivity contribution >= 4 is 23.3 Å². The number of ether oxygens (including phenoxy) is 1. The van der Waals surface area contributed by atoms with Crippen LogP contribution in [0.4, 0.5) is 5.95 Å². The maximum absolute atomic E-state index is 10.8. The van der Waals surface area contributed by atoms with Gasteiger partial charge < -0.3 is 23.5 Å². The Labute approximate surface area is 162 Å². The second kappa shape index (κ2) is 6.63. The number of nitrogens with zero attached hydrogens (tertiary/aromatic N) is 5. The Balaban J connectivity index is 1.58. The number of piperazine rings is 1. The second-order valence-corrected chi connectivity index (χ2v) is 7.38. The van der Waals surface area contributed by atoms with E-state index in [0.717, 1.165) is 84.3 Å². The van der Waals surface area contributed by atoms with Crippen molar-refractivity contribution in [1.29, 1.82) is 0 Å². The fraction of sp³-hybridized carbons (Fsp3) is 0.450. The van der Waals surface area contributed by atoms with Gasteiger partial charge in [0.05, 0.1) is 29.9 Å². The molecule has 0 radical (unpaired) electrons. The van der Waals surface area contributed by atoms with Crippen molar-refractivity contribution in [3.05, 3.63) is 23.6 Å². The number of aromatic nitrogens is 3. The van der Waals surface area contributed by atoms with Crippen LogP contribution in [0, 0.1) is 13.8 Å². The van der Waals surface area contributed by atoms with Gasteiger partial charge in [-0.1, -0.05) is 5.16 Å². The largest absolute Gasteiger partial charge is 0.489 e. The lowest BCUT2D eigenvalue weighted by atomic mass is 10.0. The number of benzene rings is 1. The Kier molecular flexibility index (Phi) is 4.08. The number of aldehydes is 1. The molecule has 2 aliphatic heterocycles. The summed E-state index contributed by atoms with van der Waals surface area (Å²) >= 11 is 0. The molecule has 0 amide bonds. The maximum atomic E-state index is 10.8. The monoisotopic (exact) mass is 381 g/mol. The first kappa shape index (κ1) is 17.2. The van der Waals surface area contributed by atoms with E-state index < -0.39 is 0 Å². The third kappa shape index (κ3) is 2.59. The highest BCUT2D eigenvalue weighted by Gasteiger charge is 2.28. The zero-order chi connectivity index (χ0) is 19.3. The Morgan fingerprint density at radius 2 is 1.96 bits per heavy atom. The number of carbonyl (C=O) groups is 1. The molecule has 2 aromatic heterocycles. The topological polar surface area (TPSA) is 76.6 Å². The van der Waals surface area contributed by atoms with Gasteiger partial charge >= 0.3 is 0 Å². The molecule has 0 N–H and O–H groups in total. The minimum atomic E-state index is 0.503. The van der Waals surface area contributed by atoms with Crippen LogP contribution in [0.25, 0.3) is 22.2 Å². The summed E-state index contributed by atoms with van der Waals surface area (Å²) in [6.45, 7) is 9.24. The SMILES string of the molecule is Cc1noc(C)c1-c1ccc2nc(N3CCN(CC=O)CC3)n3c2c1OCC3. The predicted molar refractivity (Wildman–Crippen MR) is 105 cm³/mol. The van der Waals surface area contributed by atoms with Gasteiger partial charge in [-0.15, -0.1) is 0 Å². The minimum absolute atomic E-state index is 0.503. The highest BCUT2D eigenvalue weighted by molar-refractivity contribution is 5.93. The Bertz CT molecular complexity index is 1030. The van der Waals surface area contributed by atoms with Gasteiger partial charge in [-0.3, -0.25) is 4.90 Å². The van der Waals surface area contributed by atoms with Crippen LogP contribution >= 0.6 is 0 Å². The molecule has 5 rings (SSSR count). The van der Waals surface area contributed by atoms with Crippen LogP contribution in [0.1, 0.15) is 11.5 Å². The molecule has 8 nitrogen and oxygen atoms in total. The molecule has 1 fully saturated rings. The summed E-state index contributed by atoms with van der Waals surface area (Å²) in [5.74, 6) is 2.64. The van der Waals surface area contributed by atoms with E-state index in [9.17, 15) is 4.79 Å². The van der Waals surface area contributed by atoms with Crippen molar-refractivity contribution in [3.8, 4) is 16.9 Å². The lowest BCUT2D eigenvalue weighted by Crippen LogP contribution is -2.47. The molecule has 1 aromatic carbocycles. The van der Waals surface area contributed by atoms with Crippen molar-refractivity contribution in [2.75, 3.05) is 44.2 Å². The summed E-state index contributed by atoms with van der Waals surface area (Å²) in [4.78, 5) is 20.2. The smallest absolute Gasteiger partial charge is 0.206 e. The van der Waals surface area contributed by atoms with E-state index in [1.807, 2.05) is 13.8 Å². The number of hydrogen-bond donors (Lipinski definition) is 0. The molecule has 0 atom stereocenters. The van der Waals surface area contributed by atoms with Gasteiger partial charge in [0.15, 0.2) is 5.75 Å². The Hall–Kier alpha value is -2.87. The van der Waals surface area contributed by atoms with Gasteiger partial charge in [-0.2, -0.15) is 0 Å². The van der Waals surface area contributed by atoms with Crippen LogP contribution in [0.5, 0.6) is 5.75 Å². The second-order valence-electron chi connectivity index (χ2n) is 7.38. The standard InChI is InChI=1S/C20H23N5O3/c1-13-17(14(2)28-22-13)15-3-4-16-18-19(15)27-12-10-25(18)20(21-16)24-7-5-23(6-8-24)9-11-26/h3-4,11H,5-10,12H2,1-2H3. The summed E-state index contributed by atoms with van der Waals surface area (Å²) in [7, 11) is 0. The third-order valence-corrected chi connectivity index (χ3v) is 5.69. The van der Waals surface area contributed by atoms with E-state index in [1.54, 1.807) is 0 Å². The molecule has 8 heteroatoms. The number of aryl methyl sites for hydroxylation is 2. The van der Waals surface area contributed by atoms with Gasteiger partial charge in [-0.05, 0) is 26.0 Å². The van der Waals surface area contributed by atoms with Gasteiger partial charge in [0, 0.05) is 31.7 Å². The van der Waals surface area contributed by atoms with Crippen molar-refractivity contribution in [2.45, 2.75) is 20.4 Å². The van der Waals surface area contributed by atoms with Crippen molar-refractivity contribution in [1.82, 2.24) is 19.6 Å². The van der Waals surface area contributed by atoms with E-state index in [0.29, 0.717) is 13.2 Å². The average Bonchev–Trinajstić information content (AvgIpc) is 3.25. The summed E-state index contributed by atoms with van der Waals surface area (Å²) in [6, 6.07) is 4.11. The molecule has 2 aliphatic rings. The van der Waals surface area contributed by atoms with Crippen LogP contribution in [0.3, 0.4) is 0 Å². The minimum Gasteiger partial charge on any atom is -0.489 e. The van der Waals surface area contributed by atoms with Gasteiger partial charge in [0.1, 0.15) is 24.2 Å². The van der Waals surface area contributed by atoms with E-state index in [-0.39, 0.29) is 0 Å². The van der Waals surface area contributed by atoms with E-state index in [4.69, 9.17) is 14.2 Å². The van der Waals surface area contributed by atoms with Crippen LogP contribution in [0.2, 0.25) is 0 Å². The Morgan fingerprint density at radius 1 is 1.14 bits per heavy atom. The molecular formula is C20H23N5O3. The maximum Gasteiger partial charge on any atom is 0.206 e. The molecule has 0 bridgehead atoms. The Morgan fingerprint density at radius 3 is 2.68 bits per heavy atom. The molecule has 0 unspecified atom stereocenters. The highest BCUT2D eigenvalue weighted by Crippen LogP contribution is 2.42. The van der Waals surface area contributed by atoms with E-state index in [1.165, 1.54) is 0 Å². The van der Waals surface area contributed by atoms with E-state index in [2.05, 4.69) is 31.7 Å². The third-order valence-electron chi connectivity index (χ3n) is 5.69. The number of imidazole rings is 1. The molecule has 0 saturated carbocycles. The molecule has 0 spiro atoms. The summed E-state index contributed by atoms with van der Waals surface area (Å²) in [5.41, 5.74) is 4.84. The van der Waals surface area contributed by atoms with Crippen molar-refractivity contribution in [2.24, 2.45) is 0 Å². The fourth-order valence-corrected chi connectivity index (χ4v) is 4.32. The van der Waals surface area contributed by atoms with Gasteiger partial charge in [0.2, 0.25) is 5.95 Å². The summed E-state index contributed by atoms with van der Waals surface area (Å²) in [6.07, 6.45) is 0.975. The predicted octanol–water partition coefficient (Wildman–Crippen LogP) is 2.02. The van der Waals surface area contributed by atoms with Gasteiger partial charge in [0.25, 0.3) is 0 Å². The number of rotatable bonds is 4. The van der Waals surface area contributed by atoms with Crippen LogP contribution in [-0.2, 0) is 11.3 Å². The summed E-state index contributed by atoms with van der Waals surface area (Å²) in [5, 5.41) is 4.10. The molecule has 28 heavy (non-hydrogen) atoms. The number of hydrogen-bond acceptors (Lipinski definition) is 7. The lowest BCUT2D eigenvalue weighted by molar-refractivity contribution is -0.108. The molecular weight excluding hydrogens is 358 g/mol. The van der Waals surface area contributed by atoms with Crippen molar-refractivity contribution in [3.63, 3.8) is 0 Å². The first-order chi connectivity index (χ1) is 13.7. The normalized spacial score (nSPS) is 17.1. The quantitative estimate of drug-likeness (QED) is 0.640. The first-order valence-electron chi connectivity index (χ1n) is 9.67. The average molecular weight is 381 g/mol. The molecule has 3 aromatic rings. The molecule has 0 aliphatic carbocycles. The fourth-order valence-electron chi connectivity index (χ4n) is 4.32.